The van der Waals surface area contributed by atoms with Crippen molar-refractivity contribution < 1.29 is 4.74 Å². The van der Waals surface area contributed by atoms with Crippen LogP contribution >= 0.6 is 11.6 Å². The molecule has 1 aromatic heterocycles. The summed E-state index contributed by atoms with van der Waals surface area (Å²) in [4.78, 5) is 14.7. The van der Waals surface area contributed by atoms with Crippen LogP contribution in [0.15, 0.2) is 0 Å². The average Bonchev–Trinajstić information content (AvgIpc) is 3.07. The molecule has 2 aliphatic rings. The Morgan fingerprint density at radius 1 is 1.24 bits per heavy atom. The van der Waals surface area contributed by atoms with Crippen molar-refractivity contribution in [2.24, 2.45) is 17.8 Å². The summed E-state index contributed by atoms with van der Waals surface area (Å²) in [6.07, 6.45) is 6.51. The van der Waals surface area contributed by atoms with E-state index in [-0.39, 0.29) is 5.28 Å². The van der Waals surface area contributed by atoms with Gasteiger partial charge in [0.25, 0.3) is 0 Å². The number of halogens is 1. The summed E-state index contributed by atoms with van der Waals surface area (Å²) >= 11 is 5.98. The number of rotatable bonds is 6. The molecule has 0 aliphatic heterocycles. The van der Waals surface area contributed by atoms with Gasteiger partial charge in [-0.1, -0.05) is 13.3 Å². The standard InChI is InChI=1S/C15H23ClN4O/c1-3-6-21-15-18-13(16)17-14(19-15)20(2)9-12-8-10-4-5-11(12)7-10/h10-12H,3-9H2,1-2H3. The van der Waals surface area contributed by atoms with Crippen LogP contribution in [0, 0.1) is 17.8 Å². The van der Waals surface area contributed by atoms with Crippen LogP contribution < -0.4 is 9.64 Å². The summed E-state index contributed by atoms with van der Waals surface area (Å²) in [5, 5.41) is 0.200. The number of aromatic nitrogens is 3. The van der Waals surface area contributed by atoms with Crippen LogP contribution in [-0.4, -0.2) is 35.2 Å². The summed E-state index contributed by atoms with van der Waals surface area (Å²) in [5.41, 5.74) is 0. The van der Waals surface area contributed by atoms with E-state index in [1.165, 1.54) is 25.7 Å². The highest BCUT2D eigenvalue weighted by Crippen LogP contribution is 2.48. The van der Waals surface area contributed by atoms with Crippen molar-refractivity contribution in [3.8, 4) is 6.01 Å². The molecule has 21 heavy (non-hydrogen) atoms. The Morgan fingerprint density at radius 2 is 2.10 bits per heavy atom. The fourth-order valence-corrected chi connectivity index (χ4v) is 3.93. The molecule has 1 heterocycles. The van der Waals surface area contributed by atoms with E-state index in [2.05, 4.69) is 19.9 Å². The second kappa shape index (κ2) is 6.34. The zero-order chi connectivity index (χ0) is 14.8. The molecule has 6 heteroatoms. The molecule has 3 unspecified atom stereocenters. The maximum absolute atomic E-state index is 5.98. The minimum atomic E-state index is 0.200. The second-order valence-electron chi connectivity index (χ2n) is 6.35. The Morgan fingerprint density at radius 3 is 2.76 bits per heavy atom. The third-order valence-electron chi connectivity index (χ3n) is 4.75. The molecule has 2 bridgehead atoms. The first-order valence-electron chi connectivity index (χ1n) is 7.91. The first-order chi connectivity index (χ1) is 10.2. The lowest BCUT2D eigenvalue weighted by Gasteiger charge is -2.27. The smallest absolute Gasteiger partial charge is 0.322 e. The SMILES string of the molecule is CCCOc1nc(Cl)nc(N(C)CC2CC3CCC2C3)n1. The molecule has 0 saturated heterocycles. The van der Waals surface area contributed by atoms with Crippen molar-refractivity contribution in [2.75, 3.05) is 25.1 Å². The molecule has 0 radical (unpaired) electrons. The fraction of sp³-hybridized carbons (Fsp3) is 0.800. The van der Waals surface area contributed by atoms with E-state index in [1.54, 1.807) is 0 Å². The Labute approximate surface area is 131 Å². The third kappa shape index (κ3) is 3.39. The molecule has 0 aromatic carbocycles. The predicted octanol–water partition coefficient (Wildman–Crippen LogP) is 3.19. The molecule has 2 aliphatic carbocycles. The third-order valence-corrected chi connectivity index (χ3v) is 4.91. The number of fused-ring (bicyclic) bond motifs is 2. The number of hydrogen-bond acceptors (Lipinski definition) is 5. The average molecular weight is 311 g/mol. The summed E-state index contributed by atoms with van der Waals surface area (Å²) in [7, 11) is 2.03. The predicted molar refractivity (Wildman–Crippen MR) is 82.8 cm³/mol. The minimum Gasteiger partial charge on any atom is -0.463 e. The first kappa shape index (κ1) is 14.8. The quantitative estimate of drug-likeness (QED) is 0.807. The van der Waals surface area contributed by atoms with Crippen molar-refractivity contribution in [1.29, 1.82) is 0 Å². The molecule has 2 fully saturated rings. The van der Waals surface area contributed by atoms with Crippen LogP contribution in [0.2, 0.25) is 5.28 Å². The van der Waals surface area contributed by atoms with Gasteiger partial charge in [-0.25, -0.2) is 0 Å². The minimum absolute atomic E-state index is 0.200. The Balaban J connectivity index is 1.66. The van der Waals surface area contributed by atoms with Crippen molar-refractivity contribution in [1.82, 2.24) is 15.0 Å². The van der Waals surface area contributed by atoms with E-state index in [4.69, 9.17) is 16.3 Å². The number of anilines is 1. The lowest BCUT2D eigenvalue weighted by molar-refractivity contribution is 0.290. The Kier molecular flexibility index (Phi) is 4.48. The van der Waals surface area contributed by atoms with Crippen molar-refractivity contribution >= 4 is 17.5 Å². The van der Waals surface area contributed by atoms with E-state index < -0.39 is 0 Å². The molecule has 1 aromatic rings. The van der Waals surface area contributed by atoms with E-state index >= 15 is 0 Å². The van der Waals surface area contributed by atoms with Gasteiger partial charge in [0.05, 0.1) is 6.61 Å². The van der Waals surface area contributed by atoms with E-state index in [0.717, 1.165) is 30.7 Å². The summed E-state index contributed by atoms with van der Waals surface area (Å²) < 4.78 is 5.47. The van der Waals surface area contributed by atoms with E-state index in [9.17, 15) is 0 Å². The van der Waals surface area contributed by atoms with Gasteiger partial charge in [-0.2, -0.15) is 15.0 Å². The van der Waals surface area contributed by atoms with Gasteiger partial charge < -0.3 is 9.64 Å². The largest absolute Gasteiger partial charge is 0.463 e. The zero-order valence-corrected chi connectivity index (χ0v) is 13.5. The molecule has 3 rings (SSSR count). The first-order valence-corrected chi connectivity index (χ1v) is 8.29. The monoisotopic (exact) mass is 310 g/mol. The zero-order valence-electron chi connectivity index (χ0n) is 12.8. The molecule has 2 saturated carbocycles. The summed E-state index contributed by atoms with van der Waals surface area (Å²) in [5.74, 6) is 3.23. The van der Waals surface area contributed by atoms with Gasteiger partial charge >= 0.3 is 6.01 Å². The molecule has 0 amide bonds. The van der Waals surface area contributed by atoms with Crippen molar-refractivity contribution in [3.63, 3.8) is 0 Å². The topological polar surface area (TPSA) is 51.1 Å². The maximum atomic E-state index is 5.98. The molecule has 0 spiro atoms. The molecule has 0 N–H and O–H groups in total. The second-order valence-corrected chi connectivity index (χ2v) is 6.69. The van der Waals surface area contributed by atoms with Gasteiger partial charge in [0, 0.05) is 13.6 Å². The van der Waals surface area contributed by atoms with Gasteiger partial charge in [-0.3, -0.25) is 0 Å². The Bertz CT molecular complexity index is 499. The van der Waals surface area contributed by atoms with E-state index in [1.807, 2.05) is 14.0 Å². The molecule has 116 valence electrons. The number of nitrogens with zero attached hydrogens (tertiary/aromatic N) is 4. The highest BCUT2D eigenvalue weighted by Gasteiger charge is 2.39. The lowest BCUT2D eigenvalue weighted by atomic mass is 9.88. The summed E-state index contributed by atoms with van der Waals surface area (Å²) in [6.45, 7) is 3.63. The molecular formula is C15H23ClN4O. The maximum Gasteiger partial charge on any atom is 0.322 e. The fourth-order valence-electron chi connectivity index (χ4n) is 3.78. The highest BCUT2D eigenvalue weighted by atomic mass is 35.5. The molecule has 5 nitrogen and oxygen atoms in total. The number of ether oxygens (including phenoxy) is 1. The van der Waals surface area contributed by atoms with Crippen LogP contribution in [0.1, 0.15) is 39.0 Å². The van der Waals surface area contributed by atoms with Crippen LogP contribution in [0.5, 0.6) is 6.01 Å². The molecule has 3 atom stereocenters. The van der Waals surface area contributed by atoms with Crippen LogP contribution in [0.25, 0.3) is 0 Å². The van der Waals surface area contributed by atoms with Crippen LogP contribution in [-0.2, 0) is 0 Å². The van der Waals surface area contributed by atoms with Crippen LogP contribution in [0.3, 0.4) is 0 Å². The lowest BCUT2D eigenvalue weighted by Crippen LogP contribution is -2.30. The number of hydrogen-bond donors (Lipinski definition) is 0. The molecular weight excluding hydrogens is 288 g/mol. The normalized spacial score (nSPS) is 27.1. The van der Waals surface area contributed by atoms with Gasteiger partial charge in [0.2, 0.25) is 11.2 Å². The van der Waals surface area contributed by atoms with E-state index in [0.29, 0.717) is 18.6 Å². The summed E-state index contributed by atoms with van der Waals surface area (Å²) in [6, 6.07) is 0.326. The van der Waals surface area contributed by atoms with Gasteiger partial charge in [-0.15, -0.1) is 0 Å². The van der Waals surface area contributed by atoms with Gasteiger partial charge in [-0.05, 0) is 55.0 Å². The van der Waals surface area contributed by atoms with Crippen molar-refractivity contribution in [3.05, 3.63) is 5.28 Å². The van der Waals surface area contributed by atoms with Gasteiger partial charge in [0.1, 0.15) is 0 Å². The van der Waals surface area contributed by atoms with Gasteiger partial charge in [0.15, 0.2) is 0 Å². The van der Waals surface area contributed by atoms with Crippen molar-refractivity contribution in [2.45, 2.75) is 39.0 Å². The Hall–Kier alpha value is -1.10. The highest BCUT2D eigenvalue weighted by molar-refractivity contribution is 6.28. The van der Waals surface area contributed by atoms with Crippen LogP contribution in [0.4, 0.5) is 5.95 Å².